The molecule has 0 aliphatic heterocycles. The number of ether oxygens (including phenoxy) is 1. The molecule has 1 amide bonds. The Morgan fingerprint density at radius 3 is 3.00 bits per heavy atom. The molecule has 2 rings (SSSR count). The molecule has 0 saturated carbocycles. The van der Waals surface area contributed by atoms with Gasteiger partial charge in [-0.25, -0.2) is 0 Å². The molecular formula is C13H15BrN4O2. The number of benzene rings is 1. The summed E-state index contributed by atoms with van der Waals surface area (Å²) >= 11 is 3.44. The van der Waals surface area contributed by atoms with Gasteiger partial charge in [0.2, 0.25) is 5.91 Å². The van der Waals surface area contributed by atoms with Crippen molar-refractivity contribution in [2.75, 3.05) is 12.4 Å². The van der Waals surface area contributed by atoms with Crippen molar-refractivity contribution in [2.45, 2.75) is 13.1 Å². The average Bonchev–Trinajstić information content (AvgIpc) is 2.83. The molecule has 0 aliphatic rings. The van der Waals surface area contributed by atoms with Crippen molar-refractivity contribution in [2.24, 2.45) is 5.73 Å². The summed E-state index contributed by atoms with van der Waals surface area (Å²) in [5.74, 6) is 0.377. The third-order valence-corrected chi connectivity index (χ3v) is 3.28. The number of amides is 1. The lowest BCUT2D eigenvalue weighted by molar-refractivity contribution is -0.118. The van der Waals surface area contributed by atoms with Crippen LogP contribution in [0, 0.1) is 0 Å². The van der Waals surface area contributed by atoms with Gasteiger partial charge in [-0.1, -0.05) is 6.07 Å². The van der Waals surface area contributed by atoms with Crippen LogP contribution in [0.25, 0.3) is 0 Å². The molecule has 7 heteroatoms. The second kappa shape index (κ2) is 6.42. The highest BCUT2D eigenvalue weighted by Crippen LogP contribution is 2.25. The van der Waals surface area contributed by atoms with Gasteiger partial charge >= 0.3 is 0 Å². The van der Waals surface area contributed by atoms with Crippen LogP contribution in [0.15, 0.2) is 35.1 Å². The second-order valence-electron chi connectivity index (χ2n) is 4.22. The van der Waals surface area contributed by atoms with Gasteiger partial charge in [0.15, 0.2) is 0 Å². The quantitative estimate of drug-likeness (QED) is 0.840. The first kappa shape index (κ1) is 14.4. The zero-order valence-electron chi connectivity index (χ0n) is 11.0. The molecule has 1 heterocycles. The Balaban J connectivity index is 1.96. The number of nitrogens with zero attached hydrogens (tertiary/aromatic N) is 2. The van der Waals surface area contributed by atoms with Crippen molar-refractivity contribution < 1.29 is 9.53 Å². The van der Waals surface area contributed by atoms with Gasteiger partial charge in [0.25, 0.3) is 0 Å². The summed E-state index contributed by atoms with van der Waals surface area (Å²) in [4.78, 5) is 10.8. The number of halogens is 1. The molecule has 0 saturated heterocycles. The summed E-state index contributed by atoms with van der Waals surface area (Å²) in [6, 6.07) is 5.86. The van der Waals surface area contributed by atoms with E-state index in [1.54, 1.807) is 19.5 Å². The van der Waals surface area contributed by atoms with E-state index in [9.17, 15) is 4.79 Å². The van der Waals surface area contributed by atoms with E-state index in [2.05, 4.69) is 26.3 Å². The Bertz CT molecular complexity index is 612. The Morgan fingerprint density at radius 1 is 1.55 bits per heavy atom. The van der Waals surface area contributed by atoms with Crippen molar-refractivity contribution >= 4 is 27.5 Å². The zero-order valence-corrected chi connectivity index (χ0v) is 12.6. The first-order valence-electron chi connectivity index (χ1n) is 5.95. The third-order valence-electron chi connectivity index (χ3n) is 2.66. The minimum atomic E-state index is -0.418. The van der Waals surface area contributed by atoms with Crippen molar-refractivity contribution in [1.82, 2.24) is 9.78 Å². The zero-order chi connectivity index (χ0) is 14.5. The second-order valence-corrected chi connectivity index (χ2v) is 5.07. The van der Waals surface area contributed by atoms with E-state index in [1.807, 2.05) is 18.2 Å². The van der Waals surface area contributed by atoms with E-state index in [-0.39, 0.29) is 6.54 Å². The number of aromatic nitrogens is 2. The monoisotopic (exact) mass is 338 g/mol. The Kier molecular flexibility index (Phi) is 4.62. The summed E-state index contributed by atoms with van der Waals surface area (Å²) in [7, 11) is 1.63. The highest BCUT2D eigenvalue weighted by molar-refractivity contribution is 9.10. The molecule has 0 bridgehead atoms. The van der Waals surface area contributed by atoms with Crippen LogP contribution >= 0.6 is 15.9 Å². The lowest BCUT2D eigenvalue weighted by Crippen LogP contribution is -2.18. The van der Waals surface area contributed by atoms with Crippen LogP contribution in [0.2, 0.25) is 0 Å². The van der Waals surface area contributed by atoms with Crippen molar-refractivity contribution in [3.63, 3.8) is 0 Å². The number of rotatable bonds is 6. The topological polar surface area (TPSA) is 82.2 Å². The minimum Gasteiger partial charge on any atom is -0.496 e. The maximum Gasteiger partial charge on any atom is 0.239 e. The van der Waals surface area contributed by atoms with Crippen LogP contribution in [0.4, 0.5) is 5.69 Å². The fourth-order valence-electron chi connectivity index (χ4n) is 1.72. The van der Waals surface area contributed by atoms with Crippen LogP contribution in [-0.2, 0) is 17.9 Å². The highest BCUT2D eigenvalue weighted by Gasteiger charge is 2.03. The summed E-state index contributed by atoms with van der Waals surface area (Å²) in [6.45, 7) is 0.723. The summed E-state index contributed by atoms with van der Waals surface area (Å²) < 4.78 is 7.58. The molecule has 0 radical (unpaired) electrons. The molecule has 0 atom stereocenters. The van der Waals surface area contributed by atoms with Crippen LogP contribution < -0.4 is 15.8 Å². The molecule has 3 N–H and O–H groups in total. The molecule has 0 spiro atoms. The number of carbonyl (C=O) groups excluding carboxylic acids is 1. The summed E-state index contributed by atoms with van der Waals surface area (Å²) in [5, 5.41) is 7.26. The predicted octanol–water partition coefficient (Wildman–Crippen LogP) is 1.75. The number of hydrogen-bond acceptors (Lipinski definition) is 4. The number of carbonyl (C=O) groups is 1. The maximum atomic E-state index is 10.8. The van der Waals surface area contributed by atoms with Gasteiger partial charge in [0, 0.05) is 12.7 Å². The average molecular weight is 339 g/mol. The molecule has 0 aliphatic carbocycles. The van der Waals surface area contributed by atoms with Crippen LogP contribution in [-0.4, -0.2) is 22.8 Å². The number of anilines is 1. The van der Waals surface area contributed by atoms with Gasteiger partial charge < -0.3 is 15.8 Å². The molecule has 1 aromatic heterocycles. The normalized spacial score (nSPS) is 10.3. The van der Waals surface area contributed by atoms with Gasteiger partial charge in [0.05, 0.1) is 23.5 Å². The van der Waals surface area contributed by atoms with Gasteiger partial charge in [0.1, 0.15) is 12.3 Å². The largest absolute Gasteiger partial charge is 0.496 e. The van der Waals surface area contributed by atoms with Crippen LogP contribution in [0.5, 0.6) is 5.75 Å². The standard InChI is InChI=1S/C13H15BrN4O2/c1-20-12-3-2-9(4-11(12)14)5-16-10-6-17-18(7-10)8-13(15)19/h2-4,6-7,16H,5,8H2,1H3,(H2,15,19). The van der Waals surface area contributed by atoms with Gasteiger partial charge in [-0.2, -0.15) is 5.10 Å². The van der Waals surface area contributed by atoms with Gasteiger partial charge in [-0.15, -0.1) is 0 Å². The molecular weight excluding hydrogens is 324 g/mol. The van der Waals surface area contributed by atoms with E-state index in [0.29, 0.717) is 6.54 Å². The Morgan fingerprint density at radius 2 is 2.35 bits per heavy atom. The lowest BCUT2D eigenvalue weighted by Gasteiger charge is -2.07. The first-order valence-corrected chi connectivity index (χ1v) is 6.75. The number of nitrogens with one attached hydrogen (secondary N) is 1. The maximum absolute atomic E-state index is 10.8. The smallest absolute Gasteiger partial charge is 0.239 e. The van der Waals surface area contributed by atoms with Crippen molar-refractivity contribution in [3.8, 4) is 5.75 Å². The Hall–Kier alpha value is -2.02. The fraction of sp³-hybridized carbons (Fsp3) is 0.231. The van der Waals surface area contributed by atoms with E-state index < -0.39 is 5.91 Å². The highest BCUT2D eigenvalue weighted by atomic mass is 79.9. The van der Waals surface area contributed by atoms with Crippen molar-refractivity contribution in [1.29, 1.82) is 0 Å². The summed E-state index contributed by atoms with van der Waals surface area (Å²) in [6.07, 6.45) is 3.39. The molecule has 1 aromatic carbocycles. The Labute approximate surface area is 125 Å². The molecule has 0 fully saturated rings. The van der Waals surface area contributed by atoms with Crippen molar-refractivity contribution in [3.05, 3.63) is 40.6 Å². The number of methoxy groups -OCH3 is 1. The predicted molar refractivity (Wildman–Crippen MR) is 79.4 cm³/mol. The van der Waals surface area contributed by atoms with Crippen LogP contribution in [0.3, 0.4) is 0 Å². The molecule has 20 heavy (non-hydrogen) atoms. The first-order chi connectivity index (χ1) is 9.58. The summed E-state index contributed by atoms with van der Waals surface area (Å²) in [5.41, 5.74) is 7.03. The van der Waals surface area contributed by atoms with E-state index in [0.717, 1.165) is 21.5 Å². The van der Waals surface area contributed by atoms with E-state index in [4.69, 9.17) is 10.5 Å². The van der Waals surface area contributed by atoms with Gasteiger partial charge in [-0.3, -0.25) is 9.48 Å². The fourth-order valence-corrected chi connectivity index (χ4v) is 2.31. The SMILES string of the molecule is COc1ccc(CNc2cnn(CC(N)=O)c2)cc1Br. The minimum absolute atomic E-state index is 0.0791. The molecule has 6 nitrogen and oxygen atoms in total. The molecule has 0 unspecified atom stereocenters. The van der Waals surface area contributed by atoms with E-state index >= 15 is 0 Å². The number of nitrogens with two attached hydrogens (primary N) is 1. The van der Waals surface area contributed by atoms with Crippen LogP contribution in [0.1, 0.15) is 5.56 Å². The molecule has 106 valence electrons. The third kappa shape index (κ3) is 3.74. The van der Waals surface area contributed by atoms with E-state index in [1.165, 1.54) is 4.68 Å². The van der Waals surface area contributed by atoms with Gasteiger partial charge in [-0.05, 0) is 33.6 Å². The number of primary amides is 1. The lowest BCUT2D eigenvalue weighted by atomic mass is 10.2. The number of hydrogen-bond donors (Lipinski definition) is 2. The molecule has 2 aromatic rings.